The minimum atomic E-state index is -1.48. The number of hydrogen-bond acceptors (Lipinski definition) is 5. The van der Waals surface area contributed by atoms with E-state index in [1.807, 2.05) is 6.07 Å². The van der Waals surface area contributed by atoms with Gasteiger partial charge in [-0.05, 0) is 31.9 Å². The van der Waals surface area contributed by atoms with Crippen LogP contribution in [-0.2, 0) is 20.9 Å². The molecule has 8 heteroatoms. The quantitative estimate of drug-likeness (QED) is 0.637. The van der Waals surface area contributed by atoms with Gasteiger partial charge in [-0.1, -0.05) is 60.7 Å². The van der Waals surface area contributed by atoms with Gasteiger partial charge in [0.1, 0.15) is 12.2 Å². The highest BCUT2D eigenvalue weighted by molar-refractivity contribution is 5.82. The number of amides is 2. The summed E-state index contributed by atoms with van der Waals surface area (Å²) in [5.41, 5.74) is 0.469. The van der Waals surface area contributed by atoms with E-state index in [0.717, 1.165) is 5.56 Å². The first-order chi connectivity index (χ1) is 14.2. The van der Waals surface area contributed by atoms with Gasteiger partial charge >= 0.3 is 18.2 Å². The maximum atomic E-state index is 12.3. The zero-order valence-corrected chi connectivity index (χ0v) is 17.1. The van der Waals surface area contributed by atoms with Crippen molar-refractivity contribution < 1.29 is 29.0 Å². The predicted octanol–water partition coefficient (Wildman–Crippen LogP) is 3.63. The highest BCUT2D eigenvalue weighted by atomic mass is 16.6. The molecule has 2 aromatic rings. The zero-order chi connectivity index (χ0) is 22.1. The summed E-state index contributed by atoms with van der Waals surface area (Å²) in [6.45, 7) is 5.06. The highest BCUT2D eigenvalue weighted by Gasteiger charge is 2.34. The zero-order valence-electron chi connectivity index (χ0n) is 17.1. The van der Waals surface area contributed by atoms with Crippen molar-refractivity contribution in [2.45, 2.75) is 45.1 Å². The van der Waals surface area contributed by atoms with E-state index in [4.69, 9.17) is 9.47 Å². The number of hydrogen-bond donors (Lipinski definition) is 3. The number of ether oxygens (including phenoxy) is 2. The van der Waals surface area contributed by atoms with Gasteiger partial charge in [0.25, 0.3) is 0 Å². The Morgan fingerprint density at radius 2 is 1.47 bits per heavy atom. The molecule has 2 amide bonds. The molecule has 2 aromatic carbocycles. The largest absolute Gasteiger partial charge is 0.480 e. The molecule has 30 heavy (non-hydrogen) atoms. The lowest BCUT2D eigenvalue weighted by atomic mass is 9.99. The molecule has 160 valence electrons. The third-order valence-corrected chi connectivity index (χ3v) is 3.92. The van der Waals surface area contributed by atoms with E-state index < -0.39 is 35.8 Å². The van der Waals surface area contributed by atoms with Crippen molar-refractivity contribution in [2.24, 2.45) is 0 Å². The standard InChI is InChI=1S/C22H26N2O6/c1-22(2,3)30-21(28)23-17(16-12-8-5-9-13-16)18(19(25)26)24-20(27)29-14-15-10-6-4-7-11-15/h4-13,17-18H,14H2,1-3H3,(H,23,28)(H,24,27)(H,25,26)/t17-,18+/m0/s1. The first-order valence-electron chi connectivity index (χ1n) is 9.40. The van der Waals surface area contributed by atoms with Gasteiger partial charge in [0.2, 0.25) is 0 Å². The number of carboxylic acid groups (broad SMARTS) is 1. The molecule has 0 spiro atoms. The molecule has 0 saturated heterocycles. The first kappa shape index (κ1) is 22.7. The average molecular weight is 414 g/mol. The van der Waals surface area contributed by atoms with Crippen LogP contribution in [0, 0.1) is 0 Å². The van der Waals surface area contributed by atoms with Crippen molar-refractivity contribution in [2.75, 3.05) is 0 Å². The lowest BCUT2D eigenvalue weighted by Crippen LogP contribution is -2.51. The third kappa shape index (κ3) is 7.46. The van der Waals surface area contributed by atoms with Gasteiger partial charge in [0, 0.05) is 0 Å². The predicted molar refractivity (Wildman–Crippen MR) is 110 cm³/mol. The molecule has 0 bridgehead atoms. The Balaban J connectivity index is 2.15. The number of aliphatic carboxylic acids is 1. The fraction of sp³-hybridized carbons (Fsp3) is 0.318. The van der Waals surface area contributed by atoms with E-state index >= 15 is 0 Å². The molecule has 0 aromatic heterocycles. The SMILES string of the molecule is CC(C)(C)OC(=O)N[C@@H](c1ccccc1)[C@@H](NC(=O)OCc1ccccc1)C(=O)O. The van der Waals surface area contributed by atoms with Crippen molar-refractivity contribution in [1.29, 1.82) is 0 Å². The third-order valence-electron chi connectivity index (χ3n) is 3.92. The van der Waals surface area contributed by atoms with Crippen LogP contribution >= 0.6 is 0 Å². The van der Waals surface area contributed by atoms with Crippen LogP contribution in [0.2, 0.25) is 0 Å². The summed E-state index contributed by atoms with van der Waals surface area (Å²) in [6, 6.07) is 14.9. The first-order valence-corrected chi connectivity index (χ1v) is 9.40. The van der Waals surface area contributed by atoms with Crippen molar-refractivity contribution >= 4 is 18.2 Å². The van der Waals surface area contributed by atoms with Crippen molar-refractivity contribution in [3.8, 4) is 0 Å². The topological polar surface area (TPSA) is 114 Å². The van der Waals surface area contributed by atoms with Gasteiger partial charge in [-0.3, -0.25) is 0 Å². The van der Waals surface area contributed by atoms with Gasteiger partial charge in [0.05, 0.1) is 6.04 Å². The number of carboxylic acids is 1. The van der Waals surface area contributed by atoms with E-state index in [-0.39, 0.29) is 6.61 Å². The number of nitrogens with one attached hydrogen (secondary N) is 2. The Kier molecular flexibility index (Phi) is 7.80. The summed E-state index contributed by atoms with van der Waals surface area (Å²) < 4.78 is 10.4. The van der Waals surface area contributed by atoms with Crippen LogP contribution in [0.25, 0.3) is 0 Å². The minimum Gasteiger partial charge on any atom is -0.480 e. The van der Waals surface area contributed by atoms with E-state index in [1.165, 1.54) is 0 Å². The second kappa shape index (κ2) is 10.3. The molecule has 0 fully saturated rings. The van der Waals surface area contributed by atoms with Crippen LogP contribution in [0.4, 0.5) is 9.59 Å². The Morgan fingerprint density at radius 3 is 2.00 bits per heavy atom. The maximum Gasteiger partial charge on any atom is 0.408 e. The molecule has 0 unspecified atom stereocenters. The van der Waals surface area contributed by atoms with Crippen LogP contribution in [0.5, 0.6) is 0 Å². The van der Waals surface area contributed by atoms with Crippen LogP contribution < -0.4 is 10.6 Å². The minimum absolute atomic E-state index is 0.0193. The second-order valence-electron chi connectivity index (χ2n) is 7.56. The average Bonchev–Trinajstić information content (AvgIpc) is 2.69. The molecule has 0 saturated carbocycles. The van der Waals surface area contributed by atoms with Crippen molar-refractivity contribution in [1.82, 2.24) is 10.6 Å². The number of carbonyl (C=O) groups excluding carboxylic acids is 2. The Morgan fingerprint density at radius 1 is 0.900 bits per heavy atom. The smallest absolute Gasteiger partial charge is 0.408 e. The Hall–Kier alpha value is -3.55. The molecule has 0 aliphatic rings. The van der Waals surface area contributed by atoms with Crippen LogP contribution in [-0.4, -0.2) is 34.9 Å². The van der Waals surface area contributed by atoms with Gasteiger partial charge in [-0.2, -0.15) is 0 Å². The molecule has 2 rings (SSSR count). The fourth-order valence-corrected chi connectivity index (χ4v) is 2.63. The summed E-state index contributed by atoms with van der Waals surface area (Å²) in [5.74, 6) is -1.34. The van der Waals surface area contributed by atoms with Crippen molar-refractivity contribution in [3.05, 3.63) is 71.8 Å². The lowest BCUT2D eigenvalue weighted by molar-refractivity contribution is -0.140. The number of carbonyl (C=O) groups is 3. The number of alkyl carbamates (subject to hydrolysis) is 2. The van der Waals surface area contributed by atoms with Crippen LogP contribution in [0.15, 0.2) is 60.7 Å². The molecule has 0 aliphatic heterocycles. The number of rotatable bonds is 7. The fourth-order valence-electron chi connectivity index (χ4n) is 2.63. The van der Waals surface area contributed by atoms with Gasteiger partial charge in [-0.15, -0.1) is 0 Å². The van der Waals surface area contributed by atoms with Crippen LogP contribution in [0.3, 0.4) is 0 Å². The normalized spacial score (nSPS) is 12.9. The van der Waals surface area contributed by atoms with E-state index in [0.29, 0.717) is 5.56 Å². The molecular weight excluding hydrogens is 388 g/mol. The van der Waals surface area contributed by atoms with E-state index in [2.05, 4.69) is 10.6 Å². The summed E-state index contributed by atoms with van der Waals surface area (Å²) in [7, 11) is 0. The van der Waals surface area contributed by atoms with Crippen molar-refractivity contribution in [3.63, 3.8) is 0 Å². The maximum absolute atomic E-state index is 12.3. The monoisotopic (exact) mass is 414 g/mol. The Bertz CT molecular complexity index is 849. The summed E-state index contributed by atoms with van der Waals surface area (Å²) in [6.07, 6.45) is -1.72. The molecule has 0 radical (unpaired) electrons. The molecule has 3 N–H and O–H groups in total. The van der Waals surface area contributed by atoms with Gasteiger partial charge in [0.15, 0.2) is 6.04 Å². The summed E-state index contributed by atoms with van der Waals surface area (Å²) >= 11 is 0. The summed E-state index contributed by atoms with van der Waals surface area (Å²) in [5, 5.41) is 14.6. The highest BCUT2D eigenvalue weighted by Crippen LogP contribution is 2.19. The molecule has 8 nitrogen and oxygen atoms in total. The molecular formula is C22H26N2O6. The molecule has 0 aliphatic carbocycles. The lowest BCUT2D eigenvalue weighted by Gasteiger charge is -2.28. The molecule has 2 atom stereocenters. The molecule has 0 heterocycles. The van der Waals surface area contributed by atoms with E-state index in [9.17, 15) is 19.5 Å². The van der Waals surface area contributed by atoms with Crippen LogP contribution in [0.1, 0.15) is 37.9 Å². The number of benzene rings is 2. The van der Waals surface area contributed by atoms with E-state index in [1.54, 1.807) is 75.4 Å². The second-order valence-corrected chi connectivity index (χ2v) is 7.56. The Labute approximate surface area is 175 Å². The van der Waals surface area contributed by atoms with Gasteiger partial charge in [-0.25, -0.2) is 14.4 Å². The summed E-state index contributed by atoms with van der Waals surface area (Å²) in [4.78, 5) is 36.5. The van der Waals surface area contributed by atoms with Gasteiger partial charge < -0.3 is 25.2 Å².